The first-order valence-electron chi connectivity index (χ1n) is 7.14. The molecule has 120 valence electrons. The van der Waals surface area contributed by atoms with Gasteiger partial charge in [-0.15, -0.1) is 11.3 Å². The van der Waals surface area contributed by atoms with Crippen LogP contribution in [0.1, 0.15) is 17.4 Å². The van der Waals surface area contributed by atoms with Crippen LogP contribution in [0.2, 0.25) is 0 Å². The van der Waals surface area contributed by atoms with E-state index in [0.717, 1.165) is 11.3 Å². The highest BCUT2D eigenvalue weighted by Crippen LogP contribution is 2.29. The standard InChI is InChI=1S/C15H15N3O3S2/c1-2-13-3-4-15(22-13)23(19,20)18-9-12(10-18)21-14-7-11(8-16)5-6-17-14/h3-7,12H,2,9-10H2,1H3. The Balaban J connectivity index is 1.63. The maximum Gasteiger partial charge on any atom is 0.252 e. The van der Waals surface area contributed by atoms with Crippen molar-refractivity contribution in [3.8, 4) is 11.9 Å². The van der Waals surface area contributed by atoms with Crippen LogP contribution in [0.15, 0.2) is 34.7 Å². The van der Waals surface area contributed by atoms with Crippen molar-refractivity contribution in [2.45, 2.75) is 23.7 Å². The summed E-state index contributed by atoms with van der Waals surface area (Å²) in [6.45, 7) is 2.58. The SMILES string of the molecule is CCc1ccc(S(=O)(=O)N2CC(Oc3cc(C#N)ccn3)C2)s1. The minimum absolute atomic E-state index is 0.239. The van der Waals surface area contributed by atoms with Gasteiger partial charge in [-0.1, -0.05) is 6.92 Å². The Morgan fingerprint density at radius 2 is 2.22 bits per heavy atom. The summed E-state index contributed by atoms with van der Waals surface area (Å²) in [5.74, 6) is 0.343. The van der Waals surface area contributed by atoms with Gasteiger partial charge < -0.3 is 4.74 Å². The molecule has 0 unspecified atom stereocenters. The van der Waals surface area contributed by atoms with Crippen molar-refractivity contribution in [2.24, 2.45) is 0 Å². The zero-order valence-corrected chi connectivity index (χ0v) is 14.1. The van der Waals surface area contributed by atoms with Crippen LogP contribution in [-0.2, 0) is 16.4 Å². The van der Waals surface area contributed by atoms with Crippen LogP contribution in [0, 0.1) is 11.3 Å². The van der Waals surface area contributed by atoms with Crippen LogP contribution < -0.4 is 4.74 Å². The largest absolute Gasteiger partial charge is 0.471 e. The molecular formula is C15H15N3O3S2. The highest BCUT2D eigenvalue weighted by atomic mass is 32.2. The Morgan fingerprint density at radius 1 is 1.43 bits per heavy atom. The molecule has 2 aromatic rings. The predicted molar refractivity (Wildman–Crippen MR) is 85.8 cm³/mol. The summed E-state index contributed by atoms with van der Waals surface area (Å²) in [7, 11) is -3.43. The zero-order valence-electron chi connectivity index (χ0n) is 12.5. The molecule has 0 bridgehead atoms. The Labute approximate surface area is 139 Å². The Kier molecular flexibility index (Phi) is 4.35. The highest BCUT2D eigenvalue weighted by Gasteiger charge is 2.39. The van der Waals surface area contributed by atoms with Gasteiger partial charge in [-0.3, -0.25) is 0 Å². The van der Waals surface area contributed by atoms with E-state index in [0.29, 0.717) is 28.7 Å². The highest BCUT2D eigenvalue weighted by molar-refractivity contribution is 7.91. The molecule has 0 aliphatic carbocycles. The van der Waals surface area contributed by atoms with E-state index in [4.69, 9.17) is 10.00 Å². The molecule has 0 spiro atoms. The maximum atomic E-state index is 12.5. The topological polar surface area (TPSA) is 83.3 Å². The van der Waals surface area contributed by atoms with E-state index in [1.165, 1.54) is 21.8 Å². The van der Waals surface area contributed by atoms with E-state index in [1.54, 1.807) is 18.2 Å². The molecule has 2 aromatic heterocycles. The molecule has 1 saturated heterocycles. The van der Waals surface area contributed by atoms with Crippen molar-refractivity contribution in [3.05, 3.63) is 40.9 Å². The first kappa shape index (κ1) is 15.9. The van der Waals surface area contributed by atoms with Crippen LogP contribution in [0.3, 0.4) is 0 Å². The van der Waals surface area contributed by atoms with Crippen LogP contribution in [0.25, 0.3) is 0 Å². The molecule has 1 aliphatic rings. The zero-order chi connectivity index (χ0) is 16.4. The molecule has 6 nitrogen and oxygen atoms in total. The number of hydrogen-bond donors (Lipinski definition) is 0. The summed E-state index contributed by atoms with van der Waals surface area (Å²) in [5.41, 5.74) is 0.462. The van der Waals surface area contributed by atoms with E-state index in [2.05, 4.69) is 4.98 Å². The monoisotopic (exact) mass is 349 g/mol. The van der Waals surface area contributed by atoms with E-state index in [1.807, 2.05) is 19.1 Å². The number of nitriles is 1. The second-order valence-electron chi connectivity index (χ2n) is 5.13. The summed E-state index contributed by atoms with van der Waals surface area (Å²) in [6, 6.07) is 8.66. The second-order valence-corrected chi connectivity index (χ2v) is 8.46. The van der Waals surface area contributed by atoms with E-state index in [-0.39, 0.29) is 6.10 Å². The van der Waals surface area contributed by atoms with Crippen molar-refractivity contribution in [1.82, 2.24) is 9.29 Å². The minimum atomic E-state index is -3.43. The average molecular weight is 349 g/mol. The molecule has 0 saturated carbocycles. The first-order valence-corrected chi connectivity index (χ1v) is 9.40. The van der Waals surface area contributed by atoms with Crippen LogP contribution >= 0.6 is 11.3 Å². The van der Waals surface area contributed by atoms with Crippen molar-refractivity contribution in [3.63, 3.8) is 0 Å². The molecule has 0 amide bonds. The van der Waals surface area contributed by atoms with Gasteiger partial charge >= 0.3 is 0 Å². The fourth-order valence-electron chi connectivity index (χ4n) is 2.20. The van der Waals surface area contributed by atoms with Crippen molar-refractivity contribution < 1.29 is 13.2 Å². The molecule has 0 aromatic carbocycles. The molecular weight excluding hydrogens is 334 g/mol. The fraction of sp³-hybridized carbons (Fsp3) is 0.333. The van der Waals surface area contributed by atoms with E-state index < -0.39 is 10.0 Å². The lowest BCUT2D eigenvalue weighted by Crippen LogP contribution is -2.55. The summed E-state index contributed by atoms with van der Waals surface area (Å²) < 4.78 is 32.3. The molecule has 3 rings (SSSR count). The summed E-state index contributed by atoms with van der Waals surface area (Å²) in [6.07, 6.45) is 2.09. The minimum Gasteiger partial charge on any atom is -0.471 e. The maximum absolute atomic E-state index is 12.5. The third-order valence-corrected chi connectivity index (χ3v) is 7.07. The Morgan fingerprint density at radius 3 is 2.87 bits per heavy atom. The number of ether oxygens (including phenoxy) is 1. The van der Waals surface area contributed by atoms with Gasteiger partial charge in [0.25, 0.3) is 10.0 Å². The number of thiophene rings is 1. The van der Waals surface area contributed by atoms with Crippen LogP contribution in [0.4, 0.5) is 0 Å². The van der Waals surface area contributed by atoms with Crippen LogP contribution in [0.5, 0.6) is 5.88 Å². The Hall–Kier alpha value is -1.95. The molecule has 8 heteroatoms. The second kappa shape index (κ2) is 6.28. The van der Waals surface area contributed by atoms with Gasteiger partial charge in [-0.05, 0) is 24.6 Å². The number of aryl methyl sites for hydroxylation is 1. The smallest absolute Gasteiger partial charge is 0.252 e. The Bertz CT molecular complexity index is 849. The molecule has 23 heavy (non-hydrogen) atoms. The number of aromatic nitrogens is 1. The summed E-state index contributed by atoms with van der Waals surface area (Å²) in [5, 5.41) is 8.84. The summed E-state index contributed by atoms with van der Waals surface area (Å²) >= 11 is 1.31. The molecule has 0 N–H and O–H groups in total. The van der Waals surface area contributed by atoms with Gasteiger partial charge in [0, 0.05) is 17.1 Å². The van der Waals surface area contributed by atoms with Crippen molar-refractivity contribution >= 4 is 21.4 Å². The van der Waals surface area contributed by atoms with Gasteiger partial charge in [-0.2, -0.15) is 9.57 Å². The van der Waals surface area contributed by atoms with E-state index >= 15 is 0 Å². The molecule has 3 heterocycles. The molecule has 0 atom stereocenters. The van der Waals surface area contributed by atoms with Crippen molar-refractivity contribution in [1.29, 1.82) is 5.26 Å². The van der Waals surface area contributed by atoms with Crippen molar-refractivity contribution in [2.75, 3.05) is 13.1 Å². The fourth-order valence-corrected chi connectivity index (χ4v) is 5.15. The third-order valence-electron chi connectivity index (χ3n) is 3.55. The number of nitrogens with zero attached hydrogens (tertiary/aromatic N) is 3. The number of sulfonamides is 1. The number of hydrogen-bond acceptors (Lipinski definition) is 6. The third kappa shape index (κ3) is 3.22. The summed E-state index contributed by atoms with van der Waals surface area (Å²) in [4.78, 5) is 5.08. The lowest BCUT2D eigenvalue weighted by atomic mass is 10.2. The lowest BCUT2D eigenvalue weighted by Gasteiger charge is -2.37. The number of pyridine rings is 1. The number of rotatable bonds is 5. The molecule has 1 aliphatic heterocycles. The van der Waals surface area contributed by atoms with E-state index in [9.17, 15) is 8.42 Å². The van der Waals surface area contributed by atoms with Gasteiger partial charge in [0.15, 0.2) is 0 Å². The van der Waals surface area contributed by atoms with Crippen LogP contribution in [-0.4, -0.2) is 36.9 Å². The van der Waals surface area contributed by atoms with Gasteiger partial charge in [0.05, 0.1) is 24.7 Å². The normalized spacial score (nSPS) is 15.8. The molecule has 1 fully saturated rings. The predicted octanol–water partition coefficient (Wildman–Crippen LogP) is 2.03. The molecule has 0 radical (unpaired) electrons. The van der Waals surface area contributed by atoms with Gasteiger partial charge in [0.1, 0.15) is 10.3 Å². The first-order chi connectivity index (χ1) is 11.0. The van der Waals surface area contributed by atoms with Gasteiger partial charge in [-0.25, -0.2) is 13.4 Å². The quantitative estimate of drug-likeness (QED) is 0.825. The average Bonchev–Trinajstić information content (AvgIpc) is 3.00. The lowest BCUT2D eigenvalue weighted by molar-refractivity contribution is 0.0722. The van der Waals surface area contributed by atoms with Gasteiger partial charge in [0.2, 0.25) is 5.88 Å².